The van der Waals surface area contributed by atoms with Crippen molar-refractivity contribution < 1.29 is 14.5 Å². The molecule has 2 aromatic rings. The molecule has 0 aliphatic rings. The van der Waals surface area contributed by atoms with Crippen LogP contribution in [0, 0.1) is 17.0 Å². The fourth-order valence-corrected chi connectivity index (χ4v) is 1.98. The molecule has 1 aromatic carbocycles. The first-order valence-electron chi connectivity index (χ1n) is 6.45. The van der Waals surface area contributed by atoms with Gasteiger partial charge in [0.15, 0.2) is 0 Å². The molecule has 1 aromatic heterocycles. The lowest BCUT2D eigenvalue weighted by atomic mass is 10.1. The summed E-state index contributed by atoms with van der Waals surface area (Å²) >= 11 is 0. The maximum Gasteiger partial charge on any atom is 0.341 e. The molecule has 0 atom stereocenters. The number of rotatable bonds is 5. The average Bonchev–Trinajstić information content (AvgIpc) is 2.90. The van der Waals surface area contributed by atoms with Crippen LogP contribution in [0.3, 0.4) is 0 Å². The third-order valence-electron chi connectivity index (χ3n) is 3.09. The van der Waals surface area contributed by atoms with Gasteiger partial charge in [0.25, 0.3) is 5.69 Å². The first-order chi connectivity index (χ1) is 10.0. The molecular formula is C14H15N3O4. The summed E-state index contributed by atoms with van der Waals surface area (Å²) in [6, 6.07) is 4.90. The van der Waals surface area contributed by atoms with Gasteiger partial charge in [-0.15, -0.1) is 0 Å². The van der Waals surface area contributed by atoms with Gasteiger partial charge in [-0.2, -0.15) is 5.10 Å². The summed E-state index contributed by atoms with van der Waals surface area (Å²) < 4.78 is 6.44. The van der Waals surface area contributed by atoms with Crippen molar-refractivity contribution >= 4 is 11.7 Å². The van der Waals surface area contributed by atoms with Crippen molar-refractivity contribution in [1.29, 1.82) is 0 Å². The molecule has 2 rings (SSSR count). The molecular weight excluding hydrogens is 274 g/mol. The number of hydrogen-bond donors (Lipinski definition) is 0. The quantitative estimate of drug-likeness (QED) is 0.479. The van der Waals surface area contributed by atoms with E-state index in [9.17, 15) is 14.9 Å². The second-order valence-electron chi connectivity index (χ2n) is 4.47. The van der Waals surface area contributed by atoms with Crippen molar-refractivity contribution in [2.75, 3.05) is 6.61 Å². The molecule has 0 bridgehead atoms. The number of nitrogens with zero attached hydrogens (tertiary/aromatic N) is 3. The fraction of sp³-hybridized carbons (Fsp3) is 0.286. The molecule has 0 fully saturated rings. The number of carbonyl (C=O) groups excluding carboxylic acids is 1. The molecule has 0 saturated heterocycles. The van der Waals surface area contributed by atoms with Gasteiger partial charge in [0.2, 0.25) is 0 Å². The van der Waals surface area contributed by atoms with E-state index >= 15 is 0 Å². The van der Waals surface area contributed by atoms with Gasteiger partial charge in [-0.3, -0.25) is 14.8 Å². The number of aromatic nitrogens is 2. The Balaban J connectivity index is 2.21. The van der Waals surface area contributed by atoms with Crippen LogP contribution in [0.25, 0.3) is 0 Å². The van der Waals surface area contributed by atoms with E-state index in [0.29, 0.717) is 24.3 Å². The molecule has 0 aliphatic heterocycles. The third kappa shape index (κ3) is 3.25. The van der Waals surface area contributed by atoms with Gasteiger partial charge in [-0.05, 0) is 19.4 Å². The van der Waals surface area contributed by atoms with E-state index in [0.717, 1.165) is 5.56 Å². The van der Waals surface area contributed by atoms with Gasteiger partial charge >= 0.3 is 5.97 Å². The number of ether oxygens (including phenoxy) is 1. The van der Waals surface area contributed by atoms with Crippen molar-refractivity contribution in [3.63, 3.8) is 0 Å². The van der Waals surface area contributed by atoms with Gasteiger partial charge in [0.05, 0.1) is 29.8 Å². The smallest absolute Gasteiger partial charge is 0.341 e. The Morgan fingerprint density at radius 3 is 2.90 bits per heavy atom. The maximum atomic E-state index is 11.6. The summed E-state index contributed by atoms with van der Waals surface area (Å²) in [6.07, 6.45) is 2.99. The molecule has 0 amide bonds. The van der Waals surface area contributed by atoms with E-state index in [1.807, 2.05) is 0 Å². The van der Waals surface area contributed by atoms with Gasteiger partial charge in [0, 0.05) is 17.8 Å². The summed E-state index contributed by atoms with van der Waals surface area (Å²) in [6.45, 7) is 4.08. The summed E-state index contributed by atoms with van der Waals surface area (Å²) in [5.41, 5.74) is 1.81. The highest BCUT2D eigenvalue weighted by Crippen LogP contribution is 2.21. The van der Waals surface area contributed by atoms with Crippen LogP contribution in [0.1, 0.15) is 28.4 Å². The Hall–Kier alpha value is -2.70. The molecule has 0 N–H and O–H groups in total. The second-order valence-corrected chi connectivity index (χ2v) is 4.47. The van der Waals surface area contributed by atoms with E-state index in [2.05, 4.69) is 5.10 Å². The molecule has 1 heterocycles. The Labute approximate surface area is 121 Å². The molecule has 7 heteroatoms. The van der Waals surface area contributed by atoms with Crippen molar-refractivity contribution in [2.45, 2.75) is 20.4 Å². The molecule has 110 valence electrons. The second kappa shape index (κ2) is 6.17. The number of hydrogen-bond acceptors (Lipinski definition) is 5. The Bertz CT molecular complexity index is 679. The minimum atomic E-state index is -0.431. The predicted molar refractivity (Wildman–Crippen MR) is 75.1 cm³/mol. The SMILES string of the molecule is CCOC(=O)c1cnn(Cc2cccc([N+](=O)[O-])c2C)c1. The van der Waals surface area contributed by atoms with Crippen molar-refractivity contribution in [3.05, 3.63) is 57.4 Å². The van der Waals surface area contributed by atoms with E-state index < -0.39 is 10.9 Å². The number of benzene rings is 1. The van der Waals surface area contributed by atoms with E-state index in [1.165, 1.54) is 12.3 Å². The van der Waals surface area contributed by atoms with E-state index in [1.54, 1.807) is 36.9 Å². The van der Waals surface area contributed by atoms with Crippen molar-refractivity contribution in [2.24, 2.45) is 0 Å². The minimum Gasteiger partial charge on any atom is -0.462 e. The molecule has 0 radical (unpaired) electrons. The van der Waals surface area contributed by atoms with Crippen molar-refractivity contribution in [1.82, 2.24) is 9.78 Å². The van der Waals surface area contributed by atoms with E-state index in [4.69, 9.17) is 4.74 Å². The van der Waals surface area contributed by atoms with E-state index in [-0.39, 0.29) is 5.69 Å². The predicted octanol–water partition coefficient (Wildman–Crippen LogP) is 2.32. The van der Waals surface area contributed by atoms with Crippen LogP contribution < -0.4 is 0 Å². The van der Waals surface area contributed by atoms with Crippen LogP contribution in [0.2, 0.25) is 0 Å². The van der Waals surface area contributed by atoms with Gasteiger partial charge in [-0.1, -0.05) is 12.1 Å². The standard InChI is InChI=1S/C14H15N3O4/c1-3-21-14(18)12-7-15-16(9-12)8-11-5-4-6-13(10(11)2)17(19)20/h4-7,9H,3,8H2,1-2H3. The zero-order valence-corrected chi connectivity index (χ0v) is 11.8. The van der Waals surface area contributed by atoms with Gasteiger partial charge in [0.1, 0.15) is 0 Å². The minimum absolute atomic E-state index is 0.0743. The highest BCUT2D eigenvalue weighted by molar-refractivity contribution is 5.88. The Morgan fingerprint density at radius 1 is 1.48 bits per heavy atom. The fourth-order valence-electron chi connectivity index (χ4n) is 1.98. The van der Waals surface area contributed by atoms with Crippen molar-refractivity contribution in [3.8, 4) is 0 Å². The summed E-state index contributed by atoms with van der Waals surface area (Å²) in [7, 11) is 0. The molecule has 0 saturated carbocycles. The first kappa shape index (κ1) is 14.7. The van der Waals surface area contributed by atoms with Crippen LogP contribution in [0.4, 0.5) is 5.69 Å². The zero-order valence-electron chi connectivity index (χ0n) is 11.8. The van der Waals surface area contributed by atoms with Crippen LogP contribution in [0.5, 0.6) is 0 Å². The molecule has 0 aliphatic carbocycles. The Morgan fingerprint density at radius 2 is 2.24 bits per heavy atom. The van der Waals surface area contributed by atoms with Crippen LogP contribution in [0.15, 0.2) is 30.6 Å². The highest BCUT2D eigenvalue weighted by atomic mass is 16.6. The molecule has 7 nitrogen and oxygen atoms in total. The number of nitro benzene ring substituents is 1. The maximum absolute atomic E-state index is 11.6. The average molecular weight is 289 g/mol. The molecule has 0 unspecified atom stereocenters. The summed E-state index contributed by atoms with van der Waals surface area (Å²) in [5, 5.41) is 15.0. The first-order valence-corrected chi connectivity index (χ1v) is 6.45. The number of nitro groups is 1. The number of carbonyl (C=O) groups is 1. The Kier molecular flexibility index (Phi) is 4.32. The van der Waals surface area contributed by atoms with Crippen LogP contribution >= 0.6 is 0 Å². The molecule has 21 heavy (non-hydrogen) atoms. The lowest BCUT2D eigenvalue weighted by molar-refractivity contribution is -0.385. The normalized spacial score (nSPS) is 10.4. The van der Waals surface area contributed by atoms with Crippen LogP contribution in [-0.4, -0.2) is 27.3 Å². The third-order valence-corrected chi connectivity index (χ3v) is 3.09. The monoisotopic (exact) mass is 289 g/mol. The lowest BCUT2D eigenvalue weighted by Crippen LogP contribution is -2.05. The largest absolute Gasteiger partial charge is 0.462 e. The van der Waals surface area contributed by atoms with Gasteiger partial charge in [-0.25, -0.2) is 4.79 Å². The number of esters is 1. The highest BCUT2D eigenvalue weighted by Gasteiger charge is 2.14. The summed E-state index contributed by atoms with van der Waals surface area (Å²) in [5.74, 6) is -0.431. The zero-order chi connectivity index (χ0) is 15.4. The van der Waals surface area contributed by atoms with Crippen LogP contribution in [-0.2, 0) is 11.3 Å². The van der Waals surface area contributed by atoms with Gasteiger partial charge < -0.3 is 4.74 Å². The summed E-state index contributed by atoms with van der Waals surface area (Å²) in [4.78, 5) is 22.1. The topological polar surface area (TPSA) is 87.3 Å². The lowest BCUT2D eigenvalue weighted by Gasteiger charge is -2.06. The molecule has 0 spiro atoms.